The number of rotatable bonds is 5. The Kier molecular flexibility index (Phi) is 5.88. The lowest BCUT2D eigenvalue weighted by atomic mass is 9.75. The van der Waals surface area contributed by atoms with Crippen LogP contribution in [0, 0.1) is 5.41 Å². The second-order valence-corrected chi connectivity index (χ2v) is 6.75. The highest BCUT2D eigenvalue weighted by Gasteiger charge is 2.43. The summed E-state index contributed by atoms with van der Waals surface area (Å²) >= 11 is 0. The molecule has 3 heteroatoms. The van der Waals surface area contributed by atoms with E-state index in [1.54, 1.807) is 0 Å². The van der Waals surface area contributed by atoms with Crippen molar-refractivity contribution < 1.29 is 4.79 Å². The number of hydrogen-bond acceptors (Lipinski definition) is 2. The third-order valence-corrected chi connectivity index (χ3v) is 5.16. The monoisotopic (exact) mass is 280 g/mol. The van der Waals surface area contributed by atoms with Gasteiger partial charge < -0.3 is 10.2 Å². The summed E-state index contributed by atoms with van der Waals surface area (Å²) in [5.41, 5.74) is -0.101. The van der Waals surface area contributed by atoms with Gasteiger partial charge in [0.2, 0.25) is 5.91 Å². The van der Waals surface area contributed by atoms with Crippen LogP contribution in [-0.4, -0.2) is 36.5 Å². The maximum Gasteiger partial charge on any atom is 0.230 e. The lowest BCUT2D eigenvalue weighted by Gasteiger charge is -2.44. The van der Waals surface area contributed by atoms with Crippen LogP contribution in [0.15, 0.2) is 0 Å². The van der Waals surface area contributed by atoms with E-state index in [2.05, 4.69) is 24.1 Å². The van der Waals surface area contributed by atoms with Gasteiger partial charge in [-0.05, 0) is 51.5 Å². The maximum atomic E-state index is 13.2. The van der Waals surface area contributed by atoms with Crippen molar-refractivity contribution in [1.29, 1.82) is 0 Å². The van der Waals surface area contributed by atoms with Gasteiger partial charge in [-0.25, -0.2) is 0 Å². The van der Waals surface area contributed by atoms with Crippen molar-refractivity contribution in [2.75, 3.05) is 19.6 Å². The van der Waals surface area contributed by atoms with E-state index in [1.165, 1.54) is 32.1 Å². The summed E-state index contributed by atoms with van der Waals surface area (Å²) in [4.78, 5) is 15.5. The van der Waals surface area contributed by atoms with Crippen LogP contribution >= 0.6 is 0 Å². The molecule has 3 nitrogen and oxygen atoms in total. The van der Waals surface area contributed by atoms with Crippen LogP contribution < -0.4 is 5.32 Å². The molecular formula is C17H32N2O. The summed E-state index contributed by atoms with van der Waals surface area (Å²) in [7, 11) is 0. The summed E-state index contributed by atoms with van der Waals surface area (Å²) in [5.74, 6) is 0.463. The molecule has 20 heavy (non-hydrogen) atoms. The average Bonchev–Trinajstić information content (AvgIpc) is 2.49. The fourth-order valence-electron chi connectivity index (χ4n) is 4.16. The minimum Gasteiger partial charge on any atom is -0.339 e. The first-order chi connectivity index (χ1) is 9.73. The number of amides is 1. The number of likely N-dealkylation sites (tertiary alicyclic amines) is 1. The Morgan fingerprint density at radius 2 is 2.10 bits per heavy atom. The highest BCUT2D eigenvalue weighted by molar-refractivity contribution is 5.83. The molecule has 1 N–H and O–H groups in total. The lowest BCUT2D eigenvalue weighted by Crippen LogP contribution is -2.55. The quantitative estimate of drug-likeness (QED) is 0.837. The Morgan fingerprint density at radius 1 is 1.25 bits per heavy atom. The van der Waals surface area contributed by atoms with Crippen molar-refractivity contribution in [3.8, 4) is 0 Å². The maximum absolute atomic E-state index is 13.2. The van der Waals surface area contributed by atoms with Gasteiger partial charge in [0.05, 0.1) is 5.41 Å². The van der Waals surface area contributed by atoms with Gasteiger partial charge in [-0.2, -0.15) is 0 Å². The Hall–Kier alpha value is -0.570. The van der Waals surface area contributed by atoms with E-state index < -0.39 is 0 Å². The normalized spacial score (nSPS) is 31.3. The zero-order chi connectivity index (χ0) is 14.4. The van der Waals surface area contributed by atoms with Gasteiger partial charge in [0.15, 0.2) is 0 Å². The predicted octanol–water partition coefficient (Wildman–Crippen LogP) is 3.34. The largest absolute Gasteiger partial charge is 0.339 e. The van der Waals surface area contributed by atoms with Crippen LogP contribution in [-0.2, 0) is 4.79 Å². The fraction of sp³-hybridized carbons (Fsp3) is 0.941. The van der Waals surface area contributed by atoms with Crippen LogP contribution in [0.3, 0.4) is 0 Å². The second kappa shape index (κ2) is 7.44. The summed E-state index contributed by atoms with van der Waals surface area (Å²) in [6.45, 7) is 7.42. The highest BCUT2D eigenvalue weighted by Crippen LogP contribution is 2.36. The number of hydrogen-bond donors (Lipinski definition) is 1. The molecule has 0 radical (unpaired) electrons. The summed E-state index contributed by atoms with van der Waals surface area (Å²) < 4.78 is 0. The zero-order valence-electron chi connectivity index (χ0n) is 13.4. The molecular weight excluding hydrogens is 248 g/mol. The van der Waals surface area contributed by atoms with Crippen molar-refractivity contribution in [3.05, 3.63) is 0 Å². The summed E-state index contributed by atoms with van der Waals surface area (Å²) in [5, 5.41) is 3.48. The molecule has 2 unspecified atom stereocenters. The van der Waals surface area contributed by atoms with Crippen molar-refractivity contribution in [2.24, 2.45) is 5.41 Å². The van der Waals surface area contributed by atoms with E-state index in [0.717, 1.165) is 45.3 Å². The van der Waals surface area contributed by atoms with E-state index in [9.17, 15) is 4.79 Å². The summed E-state index contributed by atoms with van der Waals surface area (Å²) in [6.07, 6.45) is 10.5. The molecule has 0 aromatic carbocycles. The molecule has 2 fully saturated rings. The molecule has 0 aromatic rings. The third kappa shape index (κ3) is 3.36. The topological polar surface area (TPSA) is 32.3 Å². The Morgan fingerprint density at radius 3 is 2.75 bits per heavy atom. The molecule has 0 bridgehead atoms. The first-order valence-corrected chi connectivity index (χ1v) is 8.75. The predicted molar refractivity (Wildman–Crippen MR) is 83.7 cm³/mol. The van der Waals surface area contributed by atoms with E-state index in [-0.39, 0.29) is 5.41 Å². The molecule has 0 spiro atoms. The smallest absolute Gasteiger partial charge is 0.230 e. The average molecular weight is 280 g/mol. The number of nitrogens with one attached hydrogen (secondary N) is 1. The van der Waals surface area contributed by atoms with E-state index in [0.29, 0.717) is 11.9 Å². The summed E-state index contributed by atoms with van der Waals surface area (Å²) in [6, 6.07) is 0.511. The number of nitrogens with zero attached hydrogens (tertiary/aromatic N) is 1. The van der Waals surface area contributed by atoms with Gasteiger partial charge in [0.25, 0.3) is 0 Å². The van der Waals surface area contributed by atoms with Crippen LogP contribution in [0.5, 0.6) is 0 Å². The number of piperidine rings is 2. The van der Waals surface area contributed by atoms with Gasteiger partial charge in [-0.15, -0.1) is 0 Å². The van der Waals surface area contributed by atoms with Crippen molar-refractivity contribution >= 4 is 5.91 Å². The first kappa shape index (κ1) is 15.8. The molecule has 2 aliphatic heterocycles. The van der Waals surface area contributed by atoms with Crippen molar-refractivity contribution in [1.82, 2.24) is 10.2 Å². The van der Waals surface area contributed by atoms with Crippen LogP contribution in [0.1, 0.15) is 71.6 Å². The van der Waals surface area contributed by atoms with Gasteiger partial charge in [0.1, 0.15) is 0 Å². The van der Waals surface area contributed by atoms with Crippen molar-refractivity contribution in [3.63, 3.8) is 0 Å². The standard InChI is InChI=1S/C17H32N2O/c1-3-8-15-9-5-6-13-19(15)16(20)17(10-4-2)11-7-12-18-14-17/h15,18H,3-14H2,1-2H3. The van der Waals surface area contributed by atoms with Gasteiger partial charge in [-0.1, -0.05) is 26.7 Å². The van der Waals surface area contributed by atoms with E-state index in [4.69, 9.17) is 0 Å². The zero-order valence-corrected chi connectivity index (χ0v) is 13.4. The minimum absolute atomic E-state index is 0.101. The first-order valence-electron chi connectivity index (χ1n) is 8.75. The highest BCUT2D eigenvalue weighted by atomic mass is 16.2. The molecule has 2 atom stereocenters. The third-order valence-electron chi connectivity index (χ3n) is 5.16. The molecule has 2 rings (SSSR count). The Labute approximate surface area is 124 Å². The molecule has 2 heterocycles. The second-order valence-electron chi connectivity index (χ2n) is 6.75. The molecule has 0 saturated carbocycles. The van der Waals surface area contributed by atoms with Gasteiger partial charge in [-0.3, -0.25) is 4.79 Å². The van der Waals surface area contributed by atoms with Crippen LogP contribution in [0.4, 0.5) is 0 Å². The Balaban J connectivity index is 2.12. The molecule has 2 saturated heterocycles. The molecule has 0 aliphatic carbocycles. The minimum atomic E-state index is -0.101. The van der Waals surface area contributed by atoms with Crippen LogP contribution in [0.2, 0.25) is 0 Å². The van der Waals surface area contributed by atoms with Gasteiger partial charge >= 0.3 is 0 Å². The van der Waals surface area contributed by atoms with Crippen LogP contribution in [0.25, 0.3) is 0 Å². The molecule has 1 amide bonds. The SMILES string of the molecule is CCCC1CCCCN1C(=O)C1(CCC)CCCNC1. The lowest BCUT2D eigenvalue weighted by molar-refractivity contribution is -0.148. The number of carbonyl (C=O) groups excluding carboxylic acids is 1. The fourth-order valence-corrected chi connectivity index (χ4v) is 4.16. The number of carbonyl (C=O) groups is 1. The van der Waals surface area contributed by atoms with E-state index >= 15 is 0 Å². The van der Waals surface area contributed by atoms with E-state index in [1.807, 2.05) is 0 Å². The molecule has 116 valence electrons. The molecule has 2 aliphatic rings. The van der Waals surface area contributed by atoms with Gasteiger partial charge in [0, 0.05) is 19.1 Å². The Bertz CT molecular complexity index is 303. The van der Waals surface area contributed by atoms with Crippen molar-refractivity contribution in [2.45, 2.75) is 77.7 Å². The molecule has 0 aromatic heterocycles.